The van der Waals surface area contributed by atoms with E-state index in [1.807, 2.05) is 0 Å². The van der Waals surface area contributed by atoms with E-state index in [1.54, 1.807) is 14.0 Å². The number of carbonyl (C=O) groups excluding carboxylic acids is 2. The quantitative estimate of drug-likeness (QED) is 0.609. The largest absolute Gasteiger partial charge is 0.480 e. The second-order valence-corrected chi connectivity index (χ2v) is 5.25. The minimum atomic E-state index is -1.63. The van der Waals surface area contributed by atoms with Crippen molar-refractivity contribution in [1.82, 2.24) is 10.2 Å². The van der Waals surface area contributed by atoms with Gasteiger partial charge >= 0.3 is 5.97 Å². The SMILES string of the molecule is CCN(C)C(=O)CS(=O)CC(NC(C)=O)C(=O)O. The molecule has 2 unspecified atom stereocenters. The van der Waals surface area contributed by atoms with Crippen LogP contribution >= 0.6 is 0 Å². The van der Waals surface area contributed by atoms with E-state index in [1.165, 1.54) is 11.8 Å². The number of amides is 2. The van der Waals surface area contributed by atoms with Crippen LogP contribution in [0.25, 0.3) is 0 Å². The average molecular weight is 278 g/mol. The highest BCUT2D eigenvalue weighted by Gasteiger charge is 2.23. The van der Waals surface area contributed by atoms with E-state index >= 15 is 0 Å². The first-order chi connectivity index (χ1) is 8.27. The highest BCUT2D eigenvalue weighted by molar-refractivity contribution is 7.85. The van der Waals surface area contributed by atoms with Crippen LogP contribution in [0.15, 0.2) is 0 Å². The summed E-state index contributed by atoms with van der Waals surface area (Å²) >= 11 is 0. The number of carbonyl (C=O) groups is 3. The molecule has 0 bridgehead atoms. The number of rotatable bonds is 7. The molecule has 0 saturated carbocycles. The Bertz CT molecular complexity index is 358. The maximum absolute atomic E-state index is 11.6. The molecule has 18 heavy (non-hydrogen) atoms. The van der Waals surface area contributed by atoms with E-state index in [9.17, 15) is 18.6 Å². The van der Waals surface area contributed by atoms with Crippen molar-refractivity contribution in [1.29, 1.82) is 0 Å². The summed E-state index contributed by atoms with van der Waals surface area (Å²) in [6.45, 7) is 3.44. The molecule has 0 fully saturated rings. The molecule has 104 valence electrons. The molecule has 0 aromatic heterocycles. The van der Waals surface area contributed by atoms with Gasteiger partial charge in [0.25, 0.3) is 0 Å². The third-order valence-corrected chi connectivity index (χ3v) is 3.49. The third-order valence-electron chi connectivity index (χ3n) is 2.21. The first-order valence-electron chi connectivity index (χ1n) is 5.36. The summed E-state index contributed by atoms with van der Waals surface area (Å²) in [5.41, 5.74) is 0. The molecule has 0 aromatic rings. The van der Waals surface area contributed by atoms with Crippen LogP contribution in [0.1, 0.15) is 13.8 Å². The van der Waals surface area contributed by atoms with E-state index in [4.69, 9.17) is 5.11 Å². The number of hydrogen-bond donors (Lipinski definition) is 2. The lowest BCUT2D eigenvalue weighted by Gasteiger charge is -2.16. The molecule has 0 aliphatic rings. The van der Waals surface area contributed by atoms with Crippen molar-refractivity contribution in [3.8, 4) is 0 Å². The Morgan fingerprint density at radius 1 is 1.39 bits per heavy atom. The lowest BCUT2D eigenvalue weighted by molar-refractivity contribution is -0.140. The van der Waals surface area contributed by atoms with E-state index in [-0.39, 0.29) is 17.4 Å². The van der Waals surface area contributed by atoms with Gasteiger partial charge in [-0.3, -0.25) is 13.8 Å². The van der Waals surface area contributed by atoms with Crippen molar-refractivity contribution >= 4 is 28.6 Å². The Balaban J connectivity index is 4.39. The number of nitrogens with zero attached hydrogens (tertiary/aromatic N) is 1. The fourth-order valence-electron chi connectivity index (χ4n) is 1.09. The topological polar surface area (TPSA) is 104 Å². The lowest BCUT2D eigenvalue weighted by atomic mass is 10.3. The molecule has 0 heterocycles. The fourth-order valence-corrected chi connectivity index (χ4v) is 2.30. The molecular weight excluding hydrogens is 260 g/mol. The minimum Gasteiger partial charge on any atom is -0.480 e. The number of nitrogens with one attached hydrogen (secondary N) is 1. The van der Waals surface area contributed by atoms with Crippen LogP contribution in [0.4, 0.5) is 0 Å². The predicted molar refractivity (Wildman–Crippen MR) is 66.4 cm³/mol. The summed E-state index contributed by atoms with van der Waals surface area (Å²) in [6, 6.07) is -1.23. The molecule has 0 spiro atoms. The van der Waals surface area contributed by atoms with Crippen molar-refractivity contribution in [3.63, 3.8) is 0 Å². The van der Waals surface area contributed by atoms with Gasteiger partial charge in [-0.25, -0.2) is 4.79 Å². The van der Waals surface area contributed by atoms with Gasteiger partial charge in [-0.15, -0.1) is 0 Å². The van der Waals surface area contributed by atoms with Crippen LogP contribution in [-0.2, 0) is 25.2 Å². The Morgan fingerprint density at radius 2 is 1.94 bits per heavy atom. The summed E-state index contributed by atoms with van der Waals surface area (Å²) in [5.74, 6) is -2.62. The molecule has 0 aromatic carbocycles. The minimum absolute atomic E-state index is 0.242. The van der Waals surface area contributed by atoms with Crippen LogP contribution in [0.5, 0.6) is 0 Å². The van der Waals surface area contributed by atoms with Gasteiger partial charge in [-0.1, -0.05) is 0 Å². The summed E-state index contributed by atoms with van der Waals surface area (Å²) in [7, 11) is -0.0547. The van der Waals surface area contributed by atoms with Crippen molar-refractivity contribution < 1.29 is 23.7 Å². The smallest absolute Gasteiger partial charge is 0.327 e. The van der Waals surface area contributed by atoms with Crippen LogP contribution in [0, 0.1) is 0 Å². The zero-order valence-corrected chi connectivity index (χ0v) is 11.5. The highest BCUT2D eigenvalue weighted by atomic mass is 32.2. The molecule has 0 radical (unpaired) electrons. The fraction of sp³-hybridized carbons (Fsp3) is 0.700. The molecule has 0 saturated heterocycles. The number of carboxylic acid groups (broad SMARTS) is 1. The molecule has 2 N–H and O–H groups in total. The summed E-state index contributed by atoms with van der Waals surface area (Å²) in [4.78, 5) is 34.4. The Kier molecular flexibility index (Phi) is 7.18. The van der Waals surface area contributed by atoms with Crippen molar-refractivity contribution in [2.75, 3.05) is 25.1 Å². The van der Waals surface area contributed by atoms with E-state index < -0.39 is 28.7 Å². The lowest BCUT2D eigenvalue weighted by Crippen LogP contribution is -2.44. The van der Waals surface area contributed by atoms with Crippen LogP contribution in [-0.4, -0.2) is 63.1 Å². The zero-order chi connectivity index (χ0) is 14.3. The molecule has 0 aliphatic carbocycles. The summed E-state index contributed by atoms with van der Waals surface area (Å²) in [5, 5.41) is 11.0. The molecule has 0 aliphatic heterocycles. The summed E-state index contributed by atoms with van der Waals surface area (Å²) < 4.78 is 11.6. The van der Waals surface area contributed by atoms with E-state index in [2.05, 4.69) is 5.32 Å². The van der Waals surface area contributed by atoms with Crippen molar-refractivity contribution in [2.45, 2.75) is 19.9 Å². The maximum atomic E-state index is 11.6. The van der Waals surface area contributed by atoms with Gasteiger partial charge in [-0.05, 0) is 6.92 Å². The molecule has 7 nitrogen and oxygen atoms in total. The Labute approximate surface area is 108 Å². The maximum Gasteiger partial charge on any atom is 0.327 e. The normalized spacial score (nSPS) is 13.5. The van der Waals surface area contributed by atoms with Gasteiger partial charge < -0.3 is 15.3 Å². The number of aliphatic carboxylic acids is 1. The van der Waals surface area contributed by atoms with Gasteiger partial charge in [-0.2, -0.15) is 0 Å². The van der Waals surface area contributed by atoms with E-state index in [0.717, 1.165) is 0 Å². The van der Waals surface area contributed by atoms with Gasteiger partial charge in [0, 0.05) is 31.3 Å². The predicted octanol–water partition coefficient (Wildman–Crippen LogP) is -1.20. The second kappa shape index (κ2) is 7.80. The highest BCUT2D eigenvalue weighted by Crippen LogP contribution is 1.94. The molecular formula is C10H18N2O5S. The monoisotopic (exact) mass is 278 g/mol. The molecule has 2 amide bonds. The standard InChI is InChI=1S/C10H18N2O5S/c1-4-12(3)9(14)6-18(17)5-8(10(15)16)11-7(2)13/h8H,4-6H2,1-3H3,(H,11,13)(H,15,16). The molecule has 2 atom stereocenters. The van der Waals surface area contributed by atoms with Gasteiger partial charge in [0.05, 0.1) is 5.75 Å². The molecule has 8 heteroatoms. The van der Waals surface area contributed by atoms with Gasteiger partial charge in [0.15, 0.2) is 0 Å². The van der Waals surface area contributed by atoms with Crippen LogP contribution in [0.3, 0.4) is 0 Å². The Hall–Kier alpha value is -1.44. The molecule has 0 rings (SSSR count). The van der Waals surface area contributed by atoms with Crippen molar-refractivity contribution in [2.24, 2.45) is 0 Å². The van der Waals surface area contributed by atoms with Gasteiger partial charge in [0.2, 0.25) is 11.8 Å². The third kappa shape index (κ3) is 6.33. The first kappa shape index (κ1) is 16.6. The van der Waals surface area contributed by atoms with Crippen molar-refractivity contribution in [3.05, 3.63) is 0 Å². The number of carboxylic acids is 1. The van der Waals surface area contributed by atoms with Gasteiger partial charge in [0.1, 0.15) is 11.8 Å². The summed E-state index contributed by atoms with van der Waals surface area (Å²) in [6.07, 6.45) is 0. The first-order valence-corrected chi connectivity index (χ1v) is 6.85. The second-order valence-electron chi connectivity index (χ2n) is 3.75. The zero-order valence-electron chi connectivity index (χ0n) is 10.6. The average Bonchev–Trinajstić information content (AvgIpc) is 2.25. The van der Waals surface area contributed by atoms with Crippen LogP contribution < -0.4 is 5.32 Å². The number of hydrogen-bond acceptors (Lipinski definition) is 4. The Morgan fingerprint density at radius 3 is 2.33 bits per heavy atom. The van der Waals surface area contributed by atoms with E-state index in [0.29, 0.717) is 6.54 Å². The van der Waals surface area contributed by atoms with Crippen LogP contribution in [0.2, 0.25) is 0 Å².